The first-order valence-electron chi connectivity index (χ1n) is 7.34. The number of rotatable bonds is 5. The van der Waals surface area contributed by atoms with E-state index in [2.05, 4.69) is 43.0 Å². The molecule has 106 valence electrons. The van der Waals surface area contributed by atoms with E-state index >= 15 is 0 Å². The van der Waals surface area contributed by atoms with Gasteiger partial charge < -0.3 is 10.5 Å². The average molecular weight is 262 g/mol. The van der Waals surface area contributed by atoms with Gasteiger partial charge in [-0.3, -0.25) is 4.90 Å². The van der Waals surface area contributed by atoms with Crippen molar-refractivity contribution < 1.29 is 4.74 Å². The number of ether oxygens (including phenoxy) is 1. The third-order valence-electron chi connectivity index (χ3n) is 4.05. The number of morpholine rings is 1. The molecule has 1 heterocycles. The van der Waals surface area contributed by atoms with Crippen molar-refractivity contribution in [3.63, 3.8) is 0 Å². The van der Waals surface area contributed by atoms with Crippen LogP contribution in [0.4, 0.5) is 0 Å². The summed E-state index contributed by atoms with van der Waals surface area (Å²) in [6.45, 7) is 8.17. The van der Waals surface area contributed by atoms with Gasteiger partial charge in [0.2, 0.25) is 0 Å². The van der Waals surface area contributed by atoms with E-state index in [9.17, 15) is 0 Å². The van der Waals surface area contributed by atoms with Gasteiger partial charge >= 0.3 is 0 Å². The number of benzene rings is 1. The molecule has 0 aromatic heterocycles. The Morgan fingerprint density at radius 2 is 2.11 bits per heavy atom. The molecule has 1 aromatic carbocycles. The van der Waals surface area contributed by atoms with E-state index in [1.807, 2.05) is 0 Å². The summed E-state index contributed by atoms with van der Waals surface area (Å²) in [5.41, 5.74) is 8.82. The fraction of sp³-hybridized carbons (Fsp3) is 0.625. The summed E-state index contributed by atoms with van der Waals surface area (Å²) in [6, 6.07) is 9.28. The molecule has 0 saturated carbocycles. The van der Waals surface area contributed by atoms with Gasteiger partial charge in [0.1, 0.15) is 0 Å². The van der Waals surface area contributed by atoms with Gasteiger partial charge in [-0.1, -0.05) is 36.8 Å². The quantitative estimate of drug-likeness (QED) is 0.886. The zero-order valence-corrected chi connectivity index (χ0v) is 12.1. The largest absolute Gasteiger partial charge is 0.378 e. The van der Waals surface area contributed by atoms with Gasteiger partial charge in [-0.2, -0.15) is 0 Å². The predicted molar refractivity (Wildman–Crippen MR) is 79.2 cm³/mol. The molecular formula is C16H26N2O. The van der Waals surface area contributed by atoms with Crippen molar-refractivity contribution in [3.05, 3.63) is 35.4 Å². The fourth-order valence-electron chi connectivity index (χ4n) is 2.64. The van der Waals surface area contributed by atoms with Crippen LogP contribution in [-0.4, -0.2) is 37.2 Å². The summed E-state index contributed by atoms with van der Waals surface area (Å²) < 4.78 is 5.53. The highest BCUT2D eigenvalue weighted by atomic mass is 16.5. The molecule has 0 aliphatic carbocycles. The molecule has 0 amide bonds. The molecule has 1 aliphatic rings. The zero-order chi connectivity index (χ0) is 13.7. The maximum Gasteiger partial charge on any atom is 0.0622 e. The first-order valence-corrected chi connectivity index (χ1v) is 7.34. The number of nitrogens with zero attached hydrogens (tertiary/aromatic N) is 1. The Morgan fingerprint density at radius 1 is 1.37 bits per heavy atom. The molecule has 0 spiro atoms. The van der Waals surface area contributed by atoms with Crippen LogP contribution in [-0.2, 0) is 4.74 Å². The second kappa shape index (κ2) is 7.04. The third-order valence-corrected chi connectivity index (χ3v) is 4.05. The second-order valence-corrected chi connectivity index (χ2v) is 5.48. The summed E-state index contributed by atoms with van der Waals surface area (Å²) in [4.78, 5) is 2.53. The van der Waals surface area contributed by atoms with Crippen molar-refractivity contribution in [3.8, 4) is 0 Å². The Bertz CT molecular complexity index is 377. The van der Waals surface area contributed by atoms with Gasteiger partial charge in [-0.05, 0) is 25.3 Å². The minimum Gasteiger partial charge on any atom is -0.378 e. The van der Waals surface area contributed by atoms with Crippen LogP contribution in [0.5, 0.6) is 0 Å². The number of hydrogen-bond donors (Lipinski definition) is 1. The summed E-state index contributed by atoms with van der Waals surface area (Å²) in [5, 5.41) is 0. The van der Waals surface area contributed by atoms with E-state index in [0.29, 0.717) is 6.04 Å². The van der Waals surface area contributed by atoms with E-state index in [1.54, 1.807) is 0 Å². The molecule has 3 heteroatoms. The first-order chi connectivity index (χ1) is 9.20. The lowest BCUT2D eigenvalue weighted by atomic mass is 10.0. The minimum absolute atomic E-state index is 0.140. The molecule has 1 fully saturated rings. The van der Waals surface area contributed by atoms with Crippen molar-refractivity contribution in [2.24, 2.45) is 5.73 Å². The molecule has 2 rings (SSSR count). The molecule has 2 atom stereocenters. The van der Waals surface area contributed by atoms with Crippen LogP contribution in [0.25, 0.3) is 0 Å². The SMILES string of the molecule is CCC1COCCN1CCC(N)c1ccc(C)cc1. The predicted octanol–water partition coefficient (Wildman–Crippen LogP) is 2.50. The normalized spacial score (nSPS) is 22.4. The summed E-state index contributed by atoms with van der Waals surface area (Å²) in [7, 11) is 0. The Hall–Kier alpha value is -0.900. The average Bonchev–Trinajstić information content (AvgIpc) is 2.45. The molecule has 3 nitrogen and oxygen atoms in total. The van der Waals surface area contributed by atoms with Crippen LogP contribution in [0.15, 0.2) is 24.3 Å². The van der Waals surface area contributed by atoms with Crippen LogP contribution in [0.3, 0.4) is 0 Å². The van der Waals surface area contributed by atoms with Crippen LogP contribution < -0.4 is 5.73 Å². The fourth-order valence-corrected chi connectivity index (χ4v) is 2.64. The number of nitrogens with two attached hydrogens (primary N) is 1. The Morgan fingerprint density at radius 3 is 2.79 bits per heavy atom. The van der Waals surface area contributed by atoms with E-state index in [1.165, 1.54) is 11.1 Å². The molecule has 19 heavy (non-hydrogen) atoms. The highest BCUT2D eigenvalue weighted by Gasteiger charge is 2.21. The third kappa shape index (κ3) is 4.03. The number of aryl methyl sites for hydroxylation is 1. The standard InChI is InChI=1S/C16H26N2O/c1-3-15-12-19-11-10-18(15)9-8-16(17)14-6-4-13(2)5-7-14/h4-7,15-16H,3,8-12,17H2,1-2H3. The lowest BCUT2D eigenvalue weighted by Gasteiger charge is -2.35. The molecule has 0 radical (unpaired) electrons. The van der Waals surface area contributed by atoms with Crippen LogP contribution in [0.2, 0.25) is 0 Å². The van der Waals surface area contributed by atoms with Crippen molar-refractivity contribution in [2.75, 3.05) is 26.3 Å². The topological polar surface area (TPSA) is 38.5 Å². The van der Waals surface area contributed by atoms with E-state index < -0.39 is 0 Å². The second-order valence-electron chi connectivity index (χ2n) is 5.48. The first kappa shape index (κ1) is 14.5. The van der Waals surface area contributed by atoms with Crippen molar-refractivity contribution in [1.82, 2.24) is 4.90 Å². The van der Waals surface area contributed by atoms with Crippen molar-refractivity contribution in [2.45, 2.75) is 38.8 Å². The maximum atomic E-state index is 6.29. The van der Waals surface area contributed by atoms with Gasteiger partial charge in [0.15, 0.2) is 0 Å². The Balaban J connectivity index is 1.85. The zero-order valence-electron chi connectivity index (χ0n) is 12.1. The van der Waals surface area contributed by atoms with Crippen molar-refractivity contribution >= 4 is 0 Å². The smallest absolute Gasteiger partial charge is 0.0622 e. The lowest BCUT2D eigenvalue weighted by Crippen LogP contribution is -2.45. The monoisotopic (exact) mass is 262 g/mol. The molecule has 2 N–H and O–H groups in total. The summed E-state index contributed by atoms with van der Waals surface area (Å²) >= 11 is 0. The highest BCUT2D eigenvalue weighted by Crippen LogP contribution is 2.17. The molecule has 1 saturated heterocycles. The minimum atomic E-state index is 0.140. The van der Waals surface area contributed by atoms with Crippen LogP contribution >= 0.6 is 0 Å². The van der Waals surface area contributed by atoms with Gasteiger partial charge in [0, 0.05) is 25.2 Å². The molecule has 0 bridgehead atoms. The van der Waals surface area contributed by atoms with Crippen LogP contribution in [0, 0.1) is 6.92 Å². The van der Waals surface area contributed by atoms with Gasteiger partial charge in [0.05, 0.1) is 13.2 Å². The maximum absolute atomic E-state index is 6.29. The summed E-state index contributed by atoms with van der Waals surface area (Å²) in [6.07, 6.45) is 2.17. The van der Waals surface area contributed by atoms with Gasteiger partial charge in [-0.15, -0.1) is 0 Å². The molecule has 2 unspecified atom stereocenters. The lowest BCUT2D eigenvalue weighted by molar-refractivity contribution is -0.00964. The van der Waals surface area contributed by atoms with E-state index in [4.69, 9.17) is 10.5 Å². The molecule has 1 aliphatic heterocycles. The van der Waals surface area contributed by atoms with Crippen LogP contribution in [0.1, 0.15) is 36.9 Å². The molecular weight excluding hydrogens is 236 g/mol. The van der Waals surface area contributed by atoms with E-state index in [0.717, 1.165) is 39.1 Å². The molecule has 1 aromatic rings. The Labute approximate surface area is 116 Å². The van der Waals surface area contributed by atoms with Gasteiger partial charge in [-0.25, -0.2) is 0 Å². The van der Waals surface area contributed by atoms with Crippen molar-refractivity contribution in [1.29, 1.82) is 0 Å². The number of hydrogen-bond acceptors (Lipinski definition) is 3. The van der Waals surface area contributed by atoms with E-state index in [-0.39, 0.29) is 6.04 Å². The summed E-state index contributed by atoms with van der Waals surface area (Å²) in [5.74, 6) is 0. The van der Waals surface area contributed by atoms with Gasteiger partial charge in [0.25, 0.3) is 0 Å². The highest BCUT2D eigenvalue weighted by molar-refractivity contribution is 5.23. The Kier molecular flexibility index (Phi) is 5.37.